The fourth-order valence-electron chi connectivity index (χ4n) is 2.23. The Balaban J connectivity index is 2.78. The van der Waals surface area contributed by atoms with E-state index in [-0.39, 0.29) is 0 Å². The van der Waals surface area contributed by atoms with Gasteiger partial charge in [0.1, 0.15) is 0 Å². The lowest BCUT2D eigenvalue weighted by Crippen LogP contribution is -1.99. The molecule has 0 saturated carbocycles. The van der Waals surface area contributed by atoms with Gasteiger partial charge in [0.05, 0.1) is 5.52 Å². The van der Waals surface area contributed by atoms with Crippen molar-refractivity contribution in [2.75, 3.05) is 0 Å². The molecule has 0 spiro atoms. The van der Waals surface area contributed by atoms with Crippen LogP contribution in [0.2, 0.25) is 0 Å². The van der Waals surface area contributed by atoms with Crippen LogP contribution >= 0.6 is 0 Å². The third kappa shape index (κ3) is 2.19. The van der Waals surface area contributed by atoms with Crippen LogP contribution in [0.4, 0.5) is 0 Å². The minimum absolute atomic E-state index is 0.485. The molecule has 1 aromatic carbocycles. The Kier molecular flexibility index (Phi) is 3.19. The number of aromatic nitrogens is 1. The third-order valence-electron chi connectivity index (χ3n) is 3.31. The summed E-state index contributed by atoms with van der Waals surface area (Å²) in [4.78, 5) is 4.86. The zero-order chi connectivity index (χ0) is 12.6. The molecule has 0 amide bonds. The number of fused-ring (bicyclic) bond motifs is 1. The van der Waals surface area contributed by atoms with Crippen LogP contribution in [-0.4, -0.2) is 4.98 Å². The van der Waals surface area contributed by atoms with Gasteiger partial charge in [0.25, 0.3) is 0 Å². The SMILES string of the molecule is Cc1cc(C(C)C)nc2c(C(C)C)cccc12. The molecule has 0 aliphatic rings. The third-order valence-corrected chi connectivity index (χ3v) is 3.31. The molecule has 2 aromatic rings. The van der Waals surface area contributed by atoms with Crippen LogP contribution in [0.15, 0.2) is 24.3 Å². The first-order chi connectivity index (χ1) is 8.00. The van der Waals surface area contributed by atoms with Crippen molar-refractivity contribution in [2.45, 2.75) is 46.5 Å². The van der Waals surface area contributed by atoms with Crippen LogP contribution in [0.25, 0.3) is 10.9 Å². The van der Waals surface area contributed by atoms with Gasteiger partial charge in [0, 0.05) is 11.1 Å². The predicted octanol–water partition coefficient (Wildman–Crippen LogP) is 4.79. The summed E-state index contributed by atoms with van der Waals surface area (Å²) in [7, 11) is 0. The summed E-state index contributed by atoms with van der Waals surface area (Å²) in [6, 6.07) is 8.73. The highest BCUT2D eigenvalue weighted by molar-refractivity contribution is 5.85. The standard InChI is InChI=1S/C16H21N/c1-10(2)13-7-6-8-14-12(5)9-15(11(3)4)17-16(13)14/h6-11H,1-5H3. The molecule has 17 heavy (non-hydrogen) atoms. The van der Waals surface area contributed by atoms with E-state index >= 15 is 0 Å². The molecule has 1 nitrogen and oxygen atoms in total. The largest absolute Gasteiger partial charge is 0.252 e. The molecule has 90 valence electrons. The molecule has 2 rings (SSSR count). The predicted molar refractivity (Wildman–Crippen MR) is 74.7 cm³/mol. The number of hydrogen-bond donors (Lipinski definition) is 0. The number of para-hydroxylation sites is 1. The molecule has 1 heterocycles. The lowest BCUT2D eigenvalue weighted by atomic mass is 9.96. The maximum absolute atomic E-state index is 4.86. The number of aryl methyl sites for hydroxylation is 1. The summed E-state index contributed by atoms with van der Waals surface area (Å²) in [6.07, 6.45) is 0. The van der Waals surface area contributed by atoms with Crippen molar-refractivity contribution in [3.8, 4) is 0 Å². The number of hydrogen-bond acceptors (Lipinski definition) is 1. The number of pyridine rings is 1. The van der Waals surface area contributed by atoms with Crippen molar-refractivity contribution in [2.24, 2.45) is 0 Å². The molecule has 0 aliphatic heterocycles. The summed E-state index contributed by atoms with van der Waals surface area (Å²) in [5, 5.41) is 1.29. The van der Waals surface area contributed by atoms with Crippen molar-refractivity contribution < 1.29 is 0 Å². The first kappa shape index (κ1) is 12.1. The summed E-state index contributed by atoms with van der Waals surface area (Å²) in [5.41, 5.74) is 5.07. The van der Waals surface area contributed by atoms with E-state index in [9.17, 15) is 0 Å². The van der Waals surface area contributed by atoms with E-state index in [2.05, 4.69) is 58.9 Å². The maximum atomic E-state index is 4.86. The topological polar surface area (TPSA) is 12.9 Å². The summed E-state index contributed by atoms with van der Waals surface area (Å²) < 4.78 is 0. The fourth-order valence-corrected chi connectivity index (χ4v) is 2.23. The molecular weight excluding hydrogens is 206 g/mol. The zero-order valence-corrected chi connectivity index (χ0v) is 11.4. The Morgan fingerprint density at radius 3 is 2.29 bits per heavy atom. The molecule has 0 aliphatic carbocycles. The van der Waals surface area contributed by atoms with Gasteiger partial charge in [-0.15, -0.1) is 0 Å². The second-order valence-electron chi connectivity index (χ2n) is 5.42. The molecule has 0 saturated heterocycles. The van der Waals surface area contributed by atoms with Crippen LogP contribution in [0, 0.1) is 6.92 Å². The smallest absolute Gasteiger partial charge is 0.0742 e. The Morgan fingerprint density at radius 1 is 1.00 bits per heavy atom. The zero-order valence-electron chi connectivity index (χ0n) is 11.4. The van der Waals surface area contributed by atoms with Gasteiger partial charge in [-0.05, 0) is 36.0 Å². The summed E-state index contributed by atoms with van der Waals surface area (Å²) >= 11 is 0. The van der Waals surface area contributed by atoms with Gasteiger partial charge in [0.15, 0.2) is 0 Å². The van der Waals surface area contributed by atoms with Gasteiger partial charge < -0.3 is 0 Å². The van der Waals surface area contributed by atoms with Crippen LogP contribution in [0.5, 0.6) is 0 Å². The molecular formula is C16H21N. The van der Waals surface area contributed by atoms with Gasteiger partial charge >= 0.3 is 0 Å². The van der Waals surface area contributed by atoms with Crippen molar-refractivity contribution in [3.05, 3.63) is 41.1 Å². The Bertz CT molecular complexity index is 538. The summed E-state index contributed by atoms with van der Waals surface area (Å²) in [5.74, 6) is 1.01. The van der Waals surface area contributed by atoms with Crippen molar-refractivity contribution in [3.63, 3.8) is 0 Å². The van der Waals surface area contributed by atoms with Crippen molar-refractivity contribution in [1.82, 2.24) is 4.98 Å². The van der Waals surface area contributed by atoms with Crippen LogP contribution in [0.1, 0.15) is 56.4 Å². The number of nitrogens with zero attached hydrogens (tertiary/aromatic N) is 1. The Hall–Kier alpha value is -1.37. The van der Waals surface area contributed by atoms with Gasteiger partial charge in [-0.3, -0.25) is 4.98 Å². The highest BCUT2D eigenvalue weighted by Gasteiger charge is 2.10. The molecule has 1 heteroatoms. The summed E-state index contributed by atoms with van der Waals surface area (Å²) in [6.45, 7) is 11.0. The second kappa shape index (κ2) is 4.48. The highest BCUT2D eigenvalue weighted by Crippen LogP contribution is 2.28. The monoisotopic (exact) mass is 227 g/mol. The quantitative estimate of drug-likeness (QED) is 0.718. The van der Waals surface area contributed by atoms with E-state index in [0.29, 0.717) is 11.8 Å². The van der Waals surface area contributed by atoms with Crippen molar-refractivity contribution in [1.29, 1.82) is 0 Å². The Labute approximate surface area is 104 Å². The lowest BCUT2D eigenvalue weighted by molar-refractivity contribution is 0.821. The van der Waals surface area contributed by atoms with E-state index in [1.165, 1.54) is 27.7 Å². The number of benzene rings is 1. The molecule has 0 bridgehead atoms. The average molecular weight is 227 g/mol. The molecule has 0 fully saturated rings. The van der Waals surface area contributed by atoms with Crippen LogP contribution in [0.3, 0.4) is 0 Å². The van der Waals surface area contributed by atoms with Crippen LogP contribution < -0.4 is 0 Å². The van der Waals surface area contributed by atoms with Gasteiger partial charge in [0.2, 0.25) is 0 Å². The first-order valence-electron chi connectivity index (χ1n) is 6.41. The van der Waals surface area contributed by atoms with Crippen molar-refractivity contribution >= 4 is 10.9 Å². The van der Waals surface area contributed by atoms with Gasteiger partial charge in [-0.1, -0.05) is 45.9 Å². The van der Waals surface area contributed by atoms with Crippen LogP contribution in [-0.2, 0) is 0 Å². The maximum Gasteiger partial charge on any atom is 0.0742 e. The second-order valence-corrected chi connectivity index (χ2v) is 5.42. The van der Waals surface area contributed by atoms with E-state index in [1.807, 2.05) is 0 Å². The normalized spacial score (nSPS) is 11.7. The van der Waals surface area contributed by atoms with E-state index in [1.54, 1.807) is 0 Å². The highest BCUT2D eigenvalue weighted by atomic mass is 14.7. The minimum atomic E-state index is 0.485. The molecule has 1 aromatic heterocycles. The Morgan fingerprint density at radius 2 is 1.71 bits per heavy atom. The minimum Gasteiger partial charge on any atom is -0.252 e. The lowest BCUT2D eigenvalue weighted by Gasteiger charge is -2.14. The molecule has 0 unspecified atom stereocenters. The number of rotatable bonds is 2. The van der Waals surface area contributed by atoms with Gasteiger partial charge in [-0.2, -0.15) is 0 Å². The molecule has 0 atom stereocenters. The molecule has 0 radical (unpaired) electrons. The van der Waals surface area contributed by atoms with E-state index < -0.39 is 0 Å². The average Bonchev–Trinajstić information content (AvgIpc) is 2.27. The van der Waals surface area contributed by atoms with E-state index in [4.69, 9.17) is 4.98 Å². The molecule has 0 N–H and O–H groups in total. The first-order valence-corrected chi connectivity index (χ1v) is 6.41. The van der Waals surface area contributed by atoms with E-state index in [0.717, 1.165) is 0 Å². The van der Waals surface area contributed by atoms with Gasteiger partial charge in [-0.25, -0.2) is 0 Å². The fraction of sp³-hybridized carbons (Fsp3) is 0.438.